The summed E-state index contributed by atoms with van der Waals surface area (Å²) in [7, 11) is 0. The second-order valence-corrected chi connectivity index (χ2v) is 2.32. The molecule has 2 N–H and O–H groups in total. The molecule has 4 heteroatoms. The Morgan fingerprint density at radius 2 is 2.27 bits per heavy atom. The molecule has 0 amide bonds. The first-order valence-electron chi connectivity index (χ1n) is 3.17. The fraction of sp³-hybridized carbons (Fsp3) is 0. The molecule has 11 heavy (non-hydrogen) atoms. The molecule has 0 aliphatic rings. The normalized spacial score (nSPS) is 10.5. The van der Waals surface area contributed by atoms with Crippen LogP contribution in [0.2, 0.25) is 0 Å². The number of fused-ring (bicyclic) bond motifs is 1. The van der Waals surface area contributed by atoms with E-state index in [1.54, 1.807) is 18.2 Å². The Morgan fingerprint density at radius 3 is 3.09 bits per heavy atom. The second-order valence-electron chi connectivity index (χ2n) is 2.32. The van der Waals surface area contributed by atoms with E-state index >= 15 is 0 Å². The Kier molecular flexibility index (Phi) is 1.03. The zero-order chi connectivity index (χ0) is 7.84. The highest BCUT2D eigenvalue weighted by Crippen LogP contribution is 2.14. The molecule has 1 heterocycles. The number of aromatic nitrogens is 2. The summed E-state index contributed by atoms with van der Waals surface area (Å²) in [4.78, 5) is 3.85. The van der Waals surface area contributed by atoms with Crippen LogP contribution >= 0.6 is 0 Å². The molecule has 0 aliphatic carbocycles. The van der Waals surface area contributed by atoms with Crippen LogP contribution in [0.3, 0.4) is 0 Å². The van der Waals surface area contributed by atoms with Crippen LogP contribution in [-0.4, -0.2) is 9.71 Å². The van der Waals surface area contributed by atoms with Crippen molar-refractivity contribution in [3.63, 3.8) is 0 Å². The third-order valence-corrected chi connectivity index (χ3v) is 1.54. The van der Waals surface area contributed by atoms with Gasteiger partial charge in [0.25, 0.3) is 0 Å². The minimum absolute atomic E-state index is 0.555. The van der Waals surface area contributed by atoms with E-state index in [0.717, 1.165) is 4.73 Å². The second kappa shape index (κ2) is 1.88. The maximum Gasteiger partial charge on any atom is 0.0911 e. The first kappa shape index (κ1) is 6.03. The number of benzene rings is 1. The first-order chi connectivity index (χ1) is 5.27. The lowest BCUT2D eigenvalue weighted by Gasteiger charge is -2.04. The maximum atomic E-state index is 10.9. The molecule has 0 unspecified atom stereocenters. The van der Waals surface area contributed by atoms with E-state index in [1.807, 2.05) is 0 Å². The highest BCUT2D eigenvalue weighted by Gasteiger charge is 1.95. The molecule has 1 aromatic carbocycles. The maximum absolute atomic E-state index is 10.9. The highest BCUT2D eigenvalue weighted by atomic mass is 16.5. The predicted molar refractivity (Wildman–Crippen MR) is 42.9 cm³/mol. The van der Waals surface area contributed by atoms with Gasteiger partial charge in [-0.05, 0) is 18.2 Å². The van der Waals surface area contributed by atoms with Crippen molar-refractivity contribution < 1.29 is 0 Å². The molecule has 0 fully saturated rings. The van der Waals surface area contributed by atoms with Crippen LogP contribution in [0, 0.1) is 5.21 Å². The van der Waals surface area contributed by atoms with Crippen LogP contribution in [0.5, 0.6) is 0 Å². The Labute approximate surface area is 62.8 Å². The molecular weight excluding hydrogens is 142 g/mol. The molecular formula is C7H6N3O-. The van der Waals surface area contributed by atoms with Crippen molar-refractivity contribution >= 4 is 16.7 Å². The van der Waals surface area contributed by atoms with Gasteiger partial charge in [-0.1, -0.05) is 0 Å². The number of hydrogen-bond donors (Lipinski definition) is 1. The lowest BCUT2D eigenvalue weighted by atomic mass is 10.3. The predicted octanol–water partition coefficient (Wildman–Crippen LogP) is 0.964. The quantitative estimate of drug-likeness (QED) is 0.566. The molecule has 0 atom stereocenters. The number of nitrogens with zero attached hydrogens (tertiary/aromatic N) is 2. The van der Waals surface area contributed by atoms with Crippen molar-refractivity contribution in [2.75, 3.05) is 5.73 Å². The molecule has 0 aliphatic heterocycles. The standard InChI is InChI=1S/C7H6N3O/c8-5-1-2-7-6(3-5)9-4-10(7)11/h1-4H,8H2/q-1. The fourth-order valence-corrected chi connectivity index (χ4v) is 1.01. The molecule has 1 aromatic heterocycles. The number of imidazole rings is 1. The average molecular weight is 148 g/mol. The summed E-state index contributed by atoms with van der Waals surface area (Å²) >= 11 is 0. The lowest BCUT2D eigenvalue weighted by Crippen LogP contribution is -1.84. The van der Waals surface area contributed by atoms with E-state index in [0.29, 0.717) is 16.7 Å². The van der Waals surface area contributed by atoms with E-state index in [2.05, 4.69) is 4.98 Å². The van der Waals surface area contributed by atoms with Gasteiger partial charge >= 0.3 is 0 Å². The van der Waals surface area contributed by atoms with Gasteiger partial charge in [-0.3, -0.25) is 0 Å². The van der Waals surface area contributed by atoms with Gasteiger partial charge in [0.05, 0.1) is 17.4 Å². The third kappa shape index (κ3) is 0.797. The minimum atomic E-state index is 0.555. The molecule has 0 saturated heterocycles. The number of rotatable bonds is 0. The van der Waals surface area contributed by atoms with Crippen LogP contribution in [0.1, 0.15) is 0 Å². The van der Waals surface area contributed by atoms with Gasteiger partial charge in [0.2, 0.25) is 0 Å². The van der Waals surface area contributed by atoms with Gasteiger partial charge in [-0.25, -0.2) is 4.98 Å². The van der Waals surface area contributed by atoms with Crippen LogP contribution in [0.25, 0.3) is 11.0 Å². The number of nitrogens with two attached hydrogens (primary N) is 1. The summed E-state index contributed by atoms with van der Waals surface area (Å²) < 4.78 is 0.717. The third-order valence-electron chi connectivity index (χ3n) is 1.54. The number of hydrogen-bond acceptors (Lipinski definition) is 3. The van der Waals surface area contributed by atoms with Gasteiger partial charge in [0.1, 0.15) is 0 Å². The van der Waals surface area contributed by atoms with Crippen molar-refractivity contribution in [2.24, 2.45) is 0 Å². The van der Waals surface area contributed by atoms with Gasteiger partial charge in [0.15, 0.2) is 0 Å². The van der Waals surface area contributed by atoms with Crippen molar-refractivity contribution in [1.29, 1.82) is 0 Å². The zero-order valence-corrected chi connectivity index (χ0v) is 5.69. The summed E-state index contributed by atoms with van der Waals surface area (Å²) in [5, 5.41) is 10.9. The summed E-state index contributed by atoms with van der Waals surface area (Å²) in [5.74, 6) is 0. The number of anilines is 1. The van der Waals surface area contributed by atoms with Gasteiger partial charge in [0, 0.05) is 5.69 Å². The van der Waals surface area contributed by atoms with Crippen LogP contribution in [-0.2, 0) is 0 Å². The molecule has 2 aromatic rings. The topological polar surface area (TPSA) is 66.9 Å². The van der Waals surface area contributed by atoms with Gasteiger partial charge < -0.3 is 15.7 Å². The first-order valence-corrected chi connectivity index (χ1v) is 3.17. The van der Waals surface area contributed by atoms with E-state index in [9.17, 15) is 5.21 Å². The monoisotopic (exact) mass is 148 g/mol. The molecule has 0 spiro atoms. The molecule has 0 radical (unpaired) electrons. The SMILES string of the molecule is Nc1ccc2c(c1)ncn2[O-]. The minimum Gasteiger partial charge on any atom is -0.805 e. The lowest BCUT2D eigenvalue weighted by molar-refractivity contribution is 1.11. The largest absolute Gasteiger partial charge is 0.805 e. The van der Waals surface area contributed by atoms with Crippen LogP contribution < -0.4 is 5.73 Å². The molecule has 0 bridgehead atoms. The van der Waals surface area contributed by atoms with Gasteiger partial charge in [-0.2, -0.15) is 0 Å². The highest BCUT2D eigenvalue weighted by molar-refractivity contribution is 5.79. The van der Waals surface area contributed by atoms with Crippen molar-refractivity contribution in [3.8, 4) is 0 Å². The molecule has 2 rings (SSSR count). The Balaban J connectivity index is 2.86. The van der Waals surface area contributed by atoms with Crippen molar-refractivity contribution in [2.45, 2.75) is 0 Å². The molecule has 56 valence electrons. The van der Waals surface area contributed by atoms with E-state index in [4.69, 9.17) is 5.73 Å². The number of nitrogen functional groups attached to an aromatic ring is 1. The fourth-order valence-electron chi connectivity index (χ4n) is 1.01. The van der Waals surface area contributed by atoms with Crippen molar-refractivity contribution in [1.82, 2.24) is 9.71 Å². The smallest absolute Gasteiger partial charge is 0.0911 e. The molecule has 0 saturated carbocycles. The summed E-state index contributed by atoms with van der Waals surface area (Å²) in [6.45, 7) is 0. The summed E-state index contributed by atoms with van der Waals surface area (Å²) in [6.07, 6.45) is 1.23. The van der Waals surface area contributed by atoms with Crippen LogP contribution in [0.4, 0.5) is 5.69 Å². The Bertz CT molecular complexity index is 393. The Hall–Kier alpha value is -1.71. The van der Waals surface area contributed by atoms with E-state index in [-0.39, 0.29) is 0 Å². The van der Waals surface area contributed by atoms with Crippen molar-refractivity contribution in [3.05, 3.63) is 29.7 Å². The van der Waals surface area contributed by atoms with Crippen LogP contribution in [0.15, 0.2) is 24.5 Å². The summed E-state index contributed by atoms with van der Waals surface area (Å²) in [5.41, 5.74) is 7.30. The summed E-state index contributed by atoms with van der Waals surface area (Å²) in [6, 6.07) is 5.01. The molecule has 4 nitrogen and oxygen atoms in total. The van der Waals surface area contributed by atoms with Gasteiger partial charge in [-0.15, -0.1) is 0 Å². The Morgan fingerprint density at radius 1 is 1.45 bits per heavy atom. The van der Waals surface area contributed by atoms with E-state index in [1.165, 1.54) is 6.33 Å². The average Bonchev–Trinajstić information content (AvgIpc) is 2.32. The van der Waals surface area contributed by atoms with E-state index < -0.39 is 0 Å². The zero-order valence-electron chi connectivity index (χ0n) is 5.69.